The number of benzene rings is 1. The van der Waals surface area contributed by atoms with E-state index in [4.69, 9.17) is 9.47 Å². The molecule has 0 aliphatic rings. The zero-order valence-corrected chi connectivity index (χ0v) is 13.2. The average molecular weight is 316 g/mol. The fraction of sp³-hybridized carbons (Fsp3) is 0.267. The Morgan fingerprint density at radius 1 is 1.18 bits per heavy atom. The molecule has 0 N–H and O–H groups in total. The number of ether oxygens (including phenoxy) is 2. The van der Waals surface area contributed by atoms with Crippen molar-refractivity contribution in [2.45, 2.75) is 6.42 Å². The van der Waals surface area contributed by atoms with Crippen molar-refractivity contribution in [1.29, 1.82) is 0 Å². The average Bonchev–Trinajstić information content (AvgIpc) is 3.11. The number of fused-ring (bicyclic) bond motifs is 1. The molecule has 114 valence electrons. The van der Waals surface area contributed by atoms with E-state index in [-0.39, 0.29) is 0 Å². The highest BCUT2D eigenvalue weighted by Crippen LogP contribution is 2.21. The number of methoxy groups -OCH3 is 2. The zero-order chi connectivity index (χ0) is 15.4. The van der Waals surface area contributed by atoms with Crippen molar-refractivity contribution < 1.29 is 9.47 Å². The topological polar surface area (TPSA) is 61.5 Å². The highest BCUT2D eigenvalue weighted by Gasteiger charge is 2.10. The van der Waals surface area contributed by atoms with Crippen LogP contribution >= 0.6 is 11.3 Å². The van der Waals surface area contributed by atoms with Crippen molar-refractivity contribution in [2.75, 3.05) is 20.8 Å². The highest BCUT2D eigenvalue weighted by atomic mass is 32.1. The number of para-hydroxylation sites is 1. The molecule has 0 spiro atoms. The highest BCUT2D eigenvalue weighted by molar-refractivity contribution is 7.17. The summed E-state index contributed by atoms with van der Waals surface area (Å²) >= 11 is 1.49. The second-order valence-corrected chi connectivity index (χ2v) is 5.56. The van der Waals surface area contributed by atoms with Crippen LogP contribution in [0.3, 0.4) is 0 Å². The van der Waals surface area contributed by atoms with Crippen LogP contribution in [0.5, 0.6) is 5.75 Å². The van der Waals surface area contributed by atoms with Gasteiger partial charge in [0.25, 0.3) is 0 Å². The van der Waals surface area contributed by atoms with Gasteiger partial charge in [0.2, 0.25) is 4.96 Å². The van der Waals surface area contributed by atoms with Crippen LogP contribution in [-0.2, 0) is 11.2 Å². The molecule has 0 aliphatic heterocycles. The number of hydrogen-bond donors (Lipinski definition) is 0. The van der Waals surface area contributed by atoms with Crippen molar-refractivity contribution in [3.05, 3.63) is 40.7 Å². The summed E-state index contributed by atoms with van der Waals surface area (Å²) in [5.41, 5.74) is 1.01. The Morgan fingerprint density at radius 3 is 2.86 bits per heavy atom. The van der Waals surface area contributed by atoms with Crippen LogP contribution in [0.15, 0.2) is 24.3 Å². The maximum absolute atomic E-state index is 5.33. The van der Waals surface area contributed by atoms with Crippen molar-refractivity contribution in [3.63, 3.8) is 0 Å². The van der Waals surface area contributed by atoms with Gasteiger partial charge in [-0.2, -0.15) is 9.61 Å². The summed E-state index contributed by atoms with van der Waals surface area (Å²) in [4.78, 5) is 0.783. The smallest absolute Gasteiger partial charge is 0.234 e. The summed E-state index contributed by atoms with van der Waals surface area (Å²) in [6, 6.07) is 7.85. The molecule has 0 bridgehead atoms. The number of aromatic nitrogens is 4. The molecule has 3 aromatic rings. The van der Waals surface area contributed by atoms with Crippen LogP contribution in [0.25, 0.3) is 17.1 Å². The van der Waals surface area contributed by atoms with Crippen molar-refractivity contribution in [2.24, 2.45) is 0 Å². The Hall–Kier alpha value is -2.25. The molecule has 0 unspecified atom stereocenters. The van der Waals surface area contributed by atoms with E-state index >= 15 is 0 Å². The Bertz CT molecular complexity index is 794. The van der Waals surface area contributed by atoms with E-state index in [2.05, 4.69) is 15.3 Å². The first-order valence-corrected chi connectivity index (χ1v) is 7.64. The zero-order valence-electron chi connectivity index (χ0n) is 12.4. The minimum Gasteiger partial charge on any atom is -0.496 e. The molecule has 0 amide bonds. The van der Waals surface area contributed by atoms with Gasteiger partial charge >= 0.3 is 0 Å². The quantitative estimate of drug-likeness (QED) is 0.699. The van der Waals surface area contributed by atoms with Gasteiger partial charge in [0.15, 0.2) is 5.82 Å². The molecule has 2 heterocycles. The maximum atomic E-state index is 5.33. The first-order chi connectivity index (χ1) is 10.8. The Kier molecular flexibility index (Phi) is 4.45. The fourth-order valence-electron chi connectivity index (χ4n) is 2.05. The first-order valence-electron chi connectivity index (χ1n) is 6.83. The molecule has 0 saturated carbocycles. The van der Waals surface area contributed by atoms with Crippen LogP contribution in [0.2, 0.25) is 0 Å². The van der Waals surface area contributed by atoms with Gasteiger partial charge in [0, 0.05) is 19.1 Å². The Balaban J connectivity index is 1.84. The van der Waals surface area contributed by atoms with Gasteiger partial charge in [0.1, 0.15) is 10.8 Å². The van der Waals surface area contributed by atoms with Crippen molar-refractivity contribution >= 4 is 28.4 Å². The molecule has 1 aromatic carbocycles. The van der Waals surface area contributed by atoms with Gasteiger partial charge < -0.3 is 9.47 Å². The lowest BCUT2D eigenvalue weighted by Gasteiger charge is -2.02. The molecule has 3 rings (SSSR count). The first kappa shape index (κ1) is 14.7. The molecular formula is C15H16N4O2S. The summed E-state index contributed by atoms with van der Waals surface area (Å²) in [5.74, 6) is 1.65. The van der Waals surface area contributed by atoms with E-state index in [0.29, 0.717) is 13.0 Å². The van der Waals surface area contributed by atoms with Crippen LogP contribution in [0.4, 0.5) is 0 Å². The second kappa shape index (κ2) is 6.67. The van der Waals surface area contributed by atoms with E-state index < -0.39 is 0 Å². The number of hydrogen-bond acceptors (Lipinski definition) is 6. The third kappa shape index (κ3) is 3.00. The Labute approximate surface area is 132 Å². The van der Waals surface area contributed by atoms with Crippen LogP contribution in [0, 0.1) is 0 Å². The summed E-state index contributed by atoms with van der Waals surface area (Å²) in [6.07, 6.45) is 4.63. The molecule has 7 heteroatoms. The van der Waals surface area contributed by atoms with E-state index in [1.54, 1.807) is 18.7 Å². The van der Waals surface area contributed by atoms with Gasteiger partial charge in [-0.15, -0.1) is 10.2 Å². The molecule has 0 radical (unpaired) electrons. The summed E-state index contributed by atoms with van der Waals surface area (Å²) < 4.78 is 12.2. The standard InChI is InChI=1S/C15H16N4O2S/c1-20-10-9-13-16-17-15-19(13)18-14(22-15)8-7-11-5-3-4-6-12(11)21-2/h3-8H,9-10H2,1-2H3. The fourth-order valence-corrected chi connectivity index (χ4v) is 2.81. The molecule has 0 atom stereocenters. The van der Waals surface area contributed by atoms with E-state index in [9.17, 15) is 0 Å². The van der Waals surface area contributed by atoms with Crippen LogP contribution < -0.4 is 4.74 Å². The van der Waals surface area contributed by atoms with E-state index in [1.807, 2.05) is 36.4 Å². The largest absolute Gasteiger partial charge is 0.496 e. The predicted molar refractivity (Wildman–Crippen MR) is 86.2 cm³/mol. The van der Waals surface area contributed by atoms with Gasteiger partial charge in [-0.3, -0.25) is 0 Å². The van der Waals surface area contributed by atoms with Crippen molar-refractivity contribution in [1.82, 2.24) is 19.8 Å². The molecule has 0 saturated heterocycles. The minimum atomic E-state index is 0.602. The third-order valence-corrected chi connectivity index (χ3v) is 4.01. The predicted octanol–water partition coefficient (Wildman–Crippen LogP) is 2.55. The van der Waals surface area contributed by atoms with Crippen LogP contribution in [-0.4, -0.2) is 40.6 Å². The van der Waals surface area contributed by atoms with Gasteiger partial charge in [0.05, 0.1) is 13.7 Å². The van der Waals surface area contributed by atoms with E-state index in [1.165, 1.54) is 11.3 Å². The normalized spacial score (nSPS) is 11.5. The SMILES string of the molecule is COCCc1nnc2sc(C=Cc3ccccc3OC)nn12. The summed E-state index contributed by atoms with van der Waals surface area (Å²) in [7, 11) is 3.33. The van der Waals surface area contributed by atoms with Crippen LogP contribution in [0.1, 0.15) is 16.4 Å². The summed E-state index contributed by atoms with van der Waals surface area (Å²) in [6.45, 7) is 0.602. The second-order valence-electron chi connectivity index (χ2n) is 4.57. The van der Waals surface area contributed by atoms with Gasteiger partial charge in [-0.05, 0) is 18.2 Å². The van der Waals surface area contributed by atoms with Crippen molar-refractivity contribution in [3.8, 4) is 5.75 Å². The Morgan fingerprint density at radius 2 is 2.05 bits per heavy atom. The monoisotopic (exact) mass is 316 g/mol. The lowest BCUT2D eigenvalue weighted by atomic mass is 10.2. The minimum absolute atomic E-state index is 0.602. The lowest BCUT2D eigenvalue weighted by Crippen LogP contribution is -2.01. The van der Waals surface area contributed by atoms with Gasteiger partial charge in [-0.1, -0.05) is 29.5 Å². The maximum Gasteiger partial charge on any atom is 0.234 e. The van der Waals surface area contributed by atoms with Gasteiger partial charge in [-0.25, -0.2) is 0 Å². The third-order valence-electron chi connectivity index (χ3n) is 3.15. The molecule has 2 aromatic heterocycles. The molecular weight excluding hydrogens is 300 g/mol. The number of nitrogens with zero attached hydrogens (tertiary/aromatic N) is 4. The number of rotatable bonds is 6. The summed E-state index contributed by atoms with van der Waals surface area (Å²) in [5, 5.41) is 13.6. The molecule has 6 nitrogen and oxygen atoms in total. The lowest BCUT2D eigenvalue weighted by molar-refractivity contribution is 0.200. The van der Waals surface area contributed by atoms with E-state index in [0.717, 1.165) is 27.1 Å². The molecule has 22 heavy (non-hydrogen) atoms. The molecule has 0 aliphatic carbocycles. The molecule has 0 fully saturated rings.